The molecule has 0 aromatic heterocycles. The van der Waals surface area contributed by atoms with Crippen LogP contribution >= 0.6 is 0 Å². The third-order valence-electron chi connectivity index (χ3n) is 5.52. The van der Waals surface area contributed by atoms with E-state index in [4.69, 9.17) is 5.73 Å². The molecule has 27 heavy (non-hydrogen) atoms. The van der Waals surface area contributed by atoms with Gasteiger partial charge in [-0.3, -0.25) is 9.59 Å². The predicted octanol–water partition coefficient (Wildman–Crippen LogP) is 6.02. The average Bonchev–Trinajstić information content (AvgIpc) is 2.62. The third kappa shape index (κ3) is 14.6. The molecule has 0 saturated heterocycles. The molecule has 0 heterocycles. The van der Waals surface area contributed by atoms with E-state index in [2.05, 4.69) is 26.1 Å². The Labute approximate surface area is 168 Å². The van der Waals surface area contributed by atoms with Gasteiger partial charge in [0.25, 0.3) is 0 Å². The van der Waals surface area contributed by atoms with E-state index in [1.54, 1.807) is 0 Å². The van der Waals surface area contributed by atoms with Gasteiger partial charge in [0.2, 0.25) is 11.8 Å². The van der Waals surface area contributed by atoms with Crippen LogP contribution in [0.15, 0.2) is 0 Å². The van der Waals surface area contributed by atoms with Gasteiger partial charge in [0.1, 0.15) is 6.42 Å². The highest BCUT2D eigenvalue weighted by molar-refractivity contribution is 5.96. The largest absolute Gasteiger partial charge is 0.369 e. The third-order valence-corrected chi connectivity index (χ3v) is 5.52. The lowest BCUT2D eigenvalue weighted by Gasteiger charge is -2.35. The summed E-state index contributed by atoms with van der Waals surface area (Å²) >= 11 is 0. The van der Waals surface area contributed by atoms with E-state index >= 15 is 0 Å². The Balaban J connectivity index is 4.48. The van der Waals surface area contributed by atoms with Crippen LogP contribution in [0.5, 0.6) is 0 Å². The molecule has 0 aliphatic carbocycles. The van der Waals surface area contributed by atoms with Crippen molar-refractivity contribution in [2.24, 2.45) is 5.73 Å². The van der Waals surface area contributed by atoms with Crippen LogP contribution in [0.1, 0.15) is 130 Å². The molecule has 0 aromatic rings. The van der Waals surface area contributed by atoms with E-state index in [1.165, 1.54) is 51.4 Å². The van der Waals surface area contributed by atoms with Crippen LogP contribution in [-0.4, -0.2) is 17.4 Å². The SMILES string of the molecule is CCCCCCCCCCCC(CCCC)(CCCC)NC(=O)CC(N)=O. The summed E-state index contributed by atoms with van der Waals surface area (Å²) in [5.41, 5.74) is 5.06. The molecule has 4 heteroatoms. The molecule has 0 aliphatic rings. The highest BCUT2D eigenvalue weighted by Gasteiger charge is 2.30. The molecular weight excluding hydrogens is 336 g/mol. The van der Waals surface area contributed by atoms with Crippen molar-refractivity contribution >= 4 is 11.8 Å². The predicted molar refractivity (Wildman–Crippen MR) is 116 cm³/mol. The normalized spacial score (nSPS) is 11.5. The number of hydrogen-bond acceptors (Lipinski definition) is 2. The van der Waals surface area contributed by atoms with Gasteiger partial charge < -0.3 is 11.1 Å². The summed E-state index contributed by atoms with van der Waals surface area (Å²) in [7, 11) is 0. The van der Waals surface area contributed by atoms with E-state index in [0.717, 1.165) is 51.4 Å². The number of rotatable bonds is 19. The number of nitrogens with one attached hydrogen (secondary N) is 1. The highest BCUT2D eigenvalue weighted by Crippen LogP contribution is 2.28. The first-order chi connectivity index (χ1) is 13.0. The minimum absolute atomic E-state index is 0.153. The second-order valence-corrected chi connectivity index (χ2v) is 8.26. The maximum Gasteiger partial charge on any atom is 0.229 e. The van der Waals surface area contributed by atoms with Crippen molar-refractivity contribution in [1.29, 1.82) is 0 Å². The topological polar surface area (TPSA) is 72.2 Å². The Morgan fingerprint density at radius 1 is 0.667 bits per heavy atom. The molecule has 0 unspecified atom stereocenters. The van der Waals surface area contributed by atoms with Crippen molar-refractivity contribution in [3.63, 3.8) is 0 Å². The lowest BCUT2D eigenvalue weighted by atomic mass is 9.82. The van der Waals surface area contributed by atoms with Crippen LogP contribution in [0.2, 0.25) is 0 Å². The van der Waals surface area contributed by atoms with Gasteiger partial charge in [-0.2, -0.15) is 0 Å². The average molecular weight is 383 g/mol. The molecule has 3 N–H and O–H groups in total. The molecule has 0 saturated carbocycles. The van der Waals surface area contributed by atoms with Gasteiger partial charge in [-0.15, -0.1) is 0 Å². The van der Waals surface area contributed by atoms with Crippen LogP contribution in [0, 0.1) is 0 Å². The summed E-state index contributed by atoms with van der Waals surface area (Å²) in [4.78, 5) is 23.4. The summed E-state index contributed by atoms with van der Waals surface area (Å²) in [5, 5.41) is 3.22. The zero-order chi connectivity index (χ0) is 20.4. The minimum Gasteiger partial charge on any atom is -0.369 e. The van der Waals surface area contributed by atoms with E-state index in [0.29, 0.717) is 0 Å². The number of carbonyl (C=O) groups is 2. The van der Waals surface area contributed by atoms with Gasteiger partial charge in [0, 0.05) is 5.54 Å². The van der Waals surface area contributed by atoms with E-state index in [1.807, 2.05) is 0 Å². The van der Waals surface area contributed by atoms with Crippen molar-refractivity contribution in [2.45, 2.75) is 135 Å². The summed E-state index contributed by atoms with van der Waals surface area (Å²) in [5.74, 6) is -0.749. The monoisotopic (exact) mass is 382 g/mol. The number of unbranched alkanes of at least 4 members (excludes halogenated alkanes) is 10. The summed E-state index contributed by atoms with van der Waals surface area (Å²) in [6, 6.07) is 0. The summed E-state index contributed by atoms with van der Waals surface area (Å²) < 4.78 is 0. The van der Waals surface area contributed by atoms with Gasteiger partial charge >= 0.3 is 0 Å². The second-order valence-electron chi connectivity index (χ2n) is 8.26. The number of hydrogen-bond donors (Lipinski definition) is 2. The minimum atomic E-state index is -0.546. The van der Waals surface area contributed by atoms with E-state index in [9.17, 15) is 9.59 Å². The molecule has 0 aliphatic heterocycles. The molecule has 0 aromatic carbocycles. The molecule has 0 radical (unpaired) electrons. The molecular formula is C23H46N2O2. The molecule has 0 fully saturated rings. The van der Waals surface area contributed by atoms with Gasteiger partial charge in [0.05, 0.1) is 0 Å². The van der Waals surface area contributed by atoms with Gasteiger partial charge in [-0.25, -0.2) is 0 Å². The Morgan fingerprint density at radius 3 is 1.52 bits per heavy atom. The number of carbonyl (C=O) groups excluding carboxylic acids is 2. The first kappa shape index (κ1) is 25.9. The number of nitrogens with two attached hydrogens (primary N) is 1. The molecule has 160 valence electrons. The van der Waals surface area contributed by atoms with Crippen molar-refractivity contribution in [3.05, 3.63) is 0 Å². The van der Waals surface area contributed by atoms with Crippen LogP contribution < -0.4 is 11.1 Å². The van der Waals surface area contributed by atoms with Crippen molar-refractivity contribution in [3.8, 4) is 0 Å². The first-order valence-electron chi connectivity index (χ1n) is 11.6. The van der Waals surface area contributed by atoms with Crippen molar-refractivity contribution in [2.75, 3.05) is 0 Å². The molecule has 0 atom stereocenters. The Kier molecular flexibility index (Phi) is 16.4. The lowest BCUT2D eigenvalue weighted by Crippen LogP contribution is -2.49. The van der Waals surface area contributed by atoms with Crippen LogP contribution in [0.3, 0.4) is 0 Å². The summed E-state index contributed by atoms with van der Waals surface area (Å²) in [6.45, 7) is 6.63. The standard InChI is InChI=1S/C23H46N2O2/c1-4-7-10-11-12-13-14-15-16-19-23(17-8-5-2,18-9-6-3)25-22(27)20-21(24)26/h4-20H2,1-3H3,(H2,24,26)(H,25,27). The Hall–Kier alpha value is -1.06. The highest BCUT2D eigenvalue weighted by atomic mass is 16.2. The number of amides is 2. The van der Waals surface area contributed by atoms with Gasteiger partial charge in [-0.05, 0) is 19.3 Å². The molecule has 2 amide bonds. The van der Waals surface area contributed by atoms with Crippen molar-refractivity contribution < 1.29 is 9.59 Å². The second kappa shape index (κ2) is 17.1. The fourth-order valence-corrected chi connectivity index (χ4v) is 3.87. The summed E-state index contributed by atoms with van der Waals surface area (Å²) in [6.07, 6.45) is 19.1. The van der Waals surface area contributed by atoms with E-state index in [-0.39, 0.29) is 17.9 Å². The van der Waals surface area contributed by atoms with Crippen LogP contribution in [0.4, 0.5) is 0 Å². The molecule has 4 nitrogen and oxygen atoms in total. The quantitative estimate of drug-likeness (QED) is 0.212. The first-order valence-corrected chi connectivity index (χ1v) is 11.6. The van der Waals surface area contributed by atoms with Gasteiger partial charge in [0.15, 0.2) is 0 Å². The number of primary amides is 1. The Bertz CT molecular complexity index is 375. The fraction of sp³-hybridized carbons (Fsp3) is 0.913. The smallest absolute Gasteiger partial charge is 0.229 e. The zero-order valence-electron chi connectivity index (χ0n) is 18.4. The maximum absolute atomic E-state index is 12.2. The molecule has 0 bridgehead atoms. The van der Waals surface area contributed by atoms with Crippen molar-refractivity contribution in [1.82, 2.24) is 5.32 Å². The molecule has 0 rings (SSSR count). The van der Waals surface area contributed by atoms with Gasteiger partial charge in [-0.1, -0.05) is 104 Å². The fourth-order valence-electron chi connectivity index (χ4n) is 3.87. The van der Waals surface area contributed by atoms with Crippen LogP contribution in [0.25, 0.3) is 0 Å². The van der Waals surface area contributed by atoms with Crippen LogP contribution in [-0.2, 0) is 9.59 Å². The lowest BCUT2D eigenvalue weighted by molar-refractivity contribution is -0.129. The Morgan fingerprint density at radius 2 is 1.07 bits per heavy atom. The zero-order valence-corrected chi connectivity index (χ0v) is 18.4. The molecule has 0 spiro atoms. The van der Waals surface area contributed by atoms with E-state index < -0.39 is 5.91 Å². The maximum atomic E-state index is 12.2.